The summed E-state index contributed by atoms with van der Waals surface area (Å²) in [6.07, 6.45) is 3.62. The second kappa shape index (κ2) is 12.0. The Labute approximate surface area is 225 Å². The molecule has 202 valence electrons. The van der Waals surface area contributed by atoms with E-state index in [0.717, 1.165) is 17.8 Å². The SMILES string of the molecule is CC(C)(C)OC(=O)NC(Cc1nccs1)C(=O)N[C@@H](CCCc1ccccc1)B1OC(C)(C)C(C)(C)O1. The zero-order valence-electron chi connectivity index (χ0n) is 23.0. The minimum atomic E-state index is -0.861. The minimum Gasteiger partial charge on any atom is -0.444 e. The van der Waals surface area contributed by atoms with Gasteiger partial charge in [-0.2, -0.15) is 0 Å². The van der Waals surface area contributed by atoms with Crippen molar-refractivity contribution in [1.82, 2.24) is 15.6 Å². The molecule has 10 heteroatoms. The van der Waals surface area contributed by atoms with Crippen LogP contribution in [-0.2, 0) is 31.7 Å². The lowest BCUT2D eigenvalue weighted by atomic mass is 9.75. The molecular formula is C27H40BN3O5S. The average molecular weight is 530 g/mol. The Morgan fingerprint density at radius 1 is 1.08 bits per heavy atom. The highest BCUT2D eigenvalue weighted by Gasteiger charge is 2.54. The molecule has 1 aromatic heterocycles. The van der Waals surface area contributed by atoms with Crippen molar-refractivity contribution in [2.45, 2.75) is 103 Å². The first-order chi connectivity index (χ1) is 17.3. The van der Waals surface area contributed by atoms with Gasteiger partial charge in [-0.3, -0.25) is 4.79 Å². The van der Waals surface area contributed by atoms with E-state index in [1.165, 1.54) is 16.9 Å². The Morgan fingerprint density at radius 2 is 1.73 bits per heavy atom. The van der Waals surface area contributed by atoms with Crippen LogP contribution in [0.25, 0.3) is 0 Å². The number of rotatable bonds is 10. The van der Waals surface area contributed by atoms with Gasteiger partial charge in [0.15, 0.2) is 0 Å². The highest BCUT2D eigenvalue weighted by Crippen LogP contribution is 2.38. The van der Waals surface area contributed by atoms with E-state index in [9.17, 15) is 9.59 Å². The van der Waals surface area contributed by atoms with Crippen LogP contribution >= 0.6 is 11.3 Å². The summed E-state index contributed by atoms with van der Waals surface area (Å²) >= 11 is 1.43. The Morgan fingerprint density at radius 3 is 2.30 bits per heavy atom. The molecule has 8 nitrogen and oxygen atoms in total. The first-order valence-electron chi connectivity index (χ1n) is 12.8. The summed E-state index contributed by atoms with van der Waals surface area (Å²) in [5.74, 6) is -0.739. The molecule has 0 saturated carbocycles. The first kappa shape index (κ1) is 29.1. The fourth-order valence-corrected chi connectivity index (χ4v) is 4.63. The van der Waals surface area contributed by atoms with Crippen LogP contribution < -0.4 is 10.6 Å². The smallest absolute Gasteiger partial charge is 0.444 e. The lowest BCUT2D eigenvalue weighted by Gasteiger charge is -2.32. The number of hydrogen-bond donors (Lipinski definition) is 2. The van der Waals surface area contributed by atoms with Crippen molar-refractivity contribution in [2.24, 2.45) is 0 Å². The van der Waals surface area contributed by atoms with E-state index in [1.54, 1.807) is 27.0 Å². The maximum absolute atomic E-state index is 13.6. The summed E-state index contributed by atoms with van der Waals surface area (Å²) in [4.78, 5) is 30.4. The molecule has 37 heavy (non-hydrogen) atoms. The summed E-state index contributed by atoms with van der Waals surface area (Å²) < 4.78 is 18.0. The highest BCUT2D eigenvalue weighted by atomic mass is 32.1. The van der Waals surface area contributed by atoms with Gasteiger partial charge in [-0.05, 0) is 73.3 Å². The van der Waals surface area contributed by atoms with Crippen LogP contribution in [0.5, 0.6) is 0 Å². The molecule has 2 atom stereocenters. The van der Waals surface area contributed by atoms with Gasteiger partial charge in [-0.1, -0.05) is 30.3 Å². The number of nitrogens with zero attached hydrogens (tertiary/aromatic N) is 1. The van der Waals surface area contributed by atoms with Crippen molar-refractivity contribution < 1.29 is 23.6 Å². The van der Waals surface area contributed by atoms with E-state index in [0.29, 0.717) is 6.42 Å². The van der Waals surface area contributed by atoms with Gasteiger partial charge in [0.2, 0.25) is 5.91 Å². The fourth-order valence-electron chi connectivity index (χ4n) is 3.97. The van der Waals surface area contributed by atoms with Crippen molar-refractivity contribution in [2.75, 3.05) is 0 Å². The van der Waals surface area contributed by atoms with Gasteiger partial charge >= 0.3 is 13.2 Å². The molecule has 1 aliphatic rings. The van der Waals surface area contributed by atoms with Crippen molar-refractivity contribution in [1.29, 1.82) is 0 Å². The van der Waals surface area contributed by atoms with E-state index < -0.39 is 42.0 Å². The number of amides is 2. The van der Waals surface area contributed by atoms with Crippen LogP contribution in [0.2, 0.25) is 0 Å². The molecule has 0 aliphatic carbocycles. The lowest BCUT2D eigenvalue weighted by molar-refractivity contribution is -0.123. The first-order valence-corrected chi connectivity index (χ1v) is 13.7. The summed E-state index contributed by atoms with van der Waals surface area (Å²) in [7, 11) is -0.619. The molecule has 2 heterocycles. The second-order valence-electron chi connectivity index (χ2n) is 11.4. The molecule has 1 unspecified atom stereocenters. The van der Waals surface area contributed by atoms with Crippen LogP contribution in [-0.4, -0.2) is 52.9 Å². The third kappa shape index (κ3) is 8.55. The van der Waals surface area contributed by atoms with Gasteiger partial charge in [-0.15, -0.1) is 11.3 Å². The number of carbonyl (C=O) groups is 2. The summed E-state index contributed by atoms with van der Waals surface area (Å²) in [5, 5.41) is 8.44. The monoisotopic (exact) mass is 529 g/mol. The number of carbonyl (C=O) groups excluding carboxylic acids is 2. The number of benzene rings is 1. The molecule has 2 amide bonds. The maximum Gasteiger partial charge on any atom is 0.481 e. The normalized spacial score (nSPS) is 18.2. The third-order valence-electron chi connectivity index (χ3n) is 6.62. The number of thiazole rings is 1. The number of hydrogen-bond acceptors (Lipinski definition) is 7. The fraction of sp³-hybridized carbons (Fsp3) is 0.593. The summed E-state index contributed by atoms with van der Waals surface area (Å²) in [5.41, 5.74) is -0.520. The number of alkyl carbamates (subject to hydrolysis) is 1. The van der Waals surface area contributed by atoms with Crippen molar-refractivity contribution >= 4 is 30.5 Å². The van der Waals surface area contributed by atoms with Crippen molar-refractivity contribution in [3.05, 3.63) is 52.5 Å². The topological polar surface area (TPSA) is 98.8 Å². The Kier molecular flexibility index (Phi) is 9.42. The van der Waals surface area contributed by atoms with Crippen LogP contribution in [0.15, 0.2) is 41.9 Å². The molecule has 2 aromatic rings. The molecule has 1 saturated heterocycles. The predicted molar refractivity (Wildman–Crippen MR) is 146 cm³/mol. The summed E-state index contributed by atoms with van der Waals surface area (Å²) in [6.45, 7) is 13.3. The number of aryl methyl sites for hydroxylation is 1. The predicted octanol–water partition coefficient (Wildman–Crippen LogP) is 4.72. The number of aromatic nitrogens is 1. The van der Waals surface area contributed by atoms with Gasteiger partial charge in [-0.25, -0.2) is 9.78 Å². The molecule has 0 bridgehead atoms. The van der Waals surface area contributed by atoms with Gasteiger partial charge in [0.1, 0.15) is 11.6 Å². The number of nitrogens with one attached hydrogen (secondary N) is 2. The molecule has 1 aromatic carbocycles. The molecule has 1 aliphatic heterocycles. The molecular weight excluding hydrogens is 489 g/mol. The standard InChI is InChI=1S/C27H40BN3O5S/c1-25(2,3)34-24(33)30-20(18-22-29-16-17-37-22)23(32)31-21(15-11-14-19-12-9-8-10-13-19)28-35-26(4,5)27(6,7)36-28/h8-10,12-13,16-17,20-21H,11,14-15,18H2,1-7H3,(H,30,33)(H,31,32)/t20?,21-/m0/s1. The second-order valence-corrected chi connectivity index (χ2v) is 12.4. The van der Waals surface area contributed by atoms with E-state index in [-0.39, 0.29) is 12.3 Å². The molecule has 1 fully saturated rings. The van der Waals surface area contributed by atoms with Gasteiger partial charge in [0.05, 0.1) is 22.2 Å². The zero-order chi connectivity index (χ0) is 27.3. The quantitative estimate of drug-likeness (QED) is 0.433. The van der Waals surface area contributed by atoms with E-state index in [1.807, 2.05) is 51.3 Å². The van der Waals surface area contributed by atoms with E-state index >= 15 is 0 Å². The lowest BCUT2D eigenvalue weighted by Crippen LogP contribution is -2.55. The summed E-state index contributed by atoms with van der Waals surface area (Å²) in [6, 6.07) is 9.37. The van der Waals surface area contributed by atoms with Gasteiger partial charge in [0, 0.05) is 18.0 Å². The largest absolute Gasteiger partial charge is 0.481 e. The van der Waals surface area contributed by atoms with Crippen LogP contribution in [0.1, 0.15) is 71.9 Å². The molecule has 0 spiro atoms. The molecule has 3 rings (SSSR count). The molecule has 0 radical (unpaired) electrons. The minimum absolute atomic E-state index is 0.253. The van der Waals surface area contributed by atoms with Crippen molar-refractivity contribution in [3.63, 3.8) is 0 Å². The third-order valence-corrected chi connectivity index (χ3v) is 7.42. The van der Waals surface area contributed by atoms with Gasteiger partial charge in [0.25, 0.3) is 0 Å². The molecule has 2 N–H and O–H groups in total. The Balaban J connectivity index is 1.75. The van der Waals surface area contributed by atoms with Gasteiger partial charge < -0.3 is 24.7 Å². The van der Waals surface area contributed by atoms with Crippen molar-refractivity contribution in [3.8, 4) is 0 Å². The Hall–Kier alpha value is -2.43. The maximum atomic E-state index is 13.6. The highest BCUT2D eigenvalue weighted by molar-refractivity contribution is 7.09. The zero-order valence-corrected chi connectivity index (χ0v) is 23.8. The average Bonchev–Trinajstić information content (AvgIpc) is 3.37. The van der Waals surface area contributed by atoms with Crippen LogP contribution in [0.3, 0.4) is 0 Å². The number of ether oxygens (including phenoxy) is 1. The van der Waals surface area contributed by atoms with Crippen LogP contribution in [0, 0.1) is 0 Å². The Bertz CT molecular complexity index is 1010. The van der Waals surface area contributed by atoms with E-state index in [4.69, 9.17) is 14.0 Å². The van der Waals surface area contributed by atoms with Crippen LogP contribution in [0.4, 0.5) is 4.79 Å². The van der Waals surface area contributed by atoms with E-state index in [2.05, 4.69) is 27.8 Å².